The number of ether oxygens (including phenoxy) is 1. The lowest BCUT2D eigenvalue weighted by Crippen LogP contribution is -2.24. The van der Waals surface area contributed by atoms with Gasteiger partial charge in [-0.3, -0.25) is 0 Å². The first-order valence-electron chi connectivity index (χ1n) is 5.19. The largest absolute Gasteiger partial charge is 0.387 e. The van der Waals surface area contributed by atoms with E-state index in [0.717, 1.165) is 10.2 Å². The molecule has 0 fully saturated rings. The summed E-state index contributed by atoms with van der Waals surface area (Å²) in [5.41, 5.74) is 0.811. The average Bonchev–Trinajstić information content (AvgIpc) is 2.96. The second kappa shape index (κ2) is 4.14. The van der Waals surface area contributed by atoms with E-state index in [-0.39, 0.29) is 6.02 Å². The Morgan fingerprint density at radius 2 is 2.29 bits per heavy atom. The van der Waals surface area contributed by atoms with E-state index in [4.69, 9.17) is 4.74 Å². The smallest absolute Gasteiger partial charge is 0.375 e. The van der Waals surface area contributed by atoms with Gasteiger partial charge >= 0.3 is 5.97 Å². The number of carbonyl (C=O) groups is 1. The van der Waals surface area contributed by atoms with Crippen LogP contribution < -0.4 is 5.32 Å². The minimum atomic E-state index is -0.459. The van der Waals surface area contributed by atoms with Crippen LogP contribution >= 0.6 is 11.3 Å². The van der Waals surface area contributed by atoms with Crippen LogP contribution in [0.3, 0.4) is 0 Å². The monoisotopic (exact) mass is 247 g/mol. The fraction of sp³-hybridized carbons (Fsp3) is 0.182. The summed E-state index contributed by atoms with van der Waals surface area (Å²) in [6, 6.07) is 7.88. The van der Waals surface area contributed by atoms with Gasteiger partial charge in [-0.2, -0.15) is 0 Å². The van der Waals surface area contributed by atoms with Crippen LogP contribution in [-0.4, -0.2) is 30.1 Å². The Morgan fingerprint density at radius 3 is 3.06 bits per heavy atom. The summed E-state index contributed by atoms with van der Waals surface area (Å²) in [4.78, 5) is 20.0. The quantitative estimate of drug-likeness (QED) is 0.774. The number of hydrogen-bond acceptors (Lipinski definition) is 6. The van der Waals surface area contributed by atoms with Crippen molar-refractivity contribution in [3.63, 3.8) is 0 Å². The van der Waals surface area contributed by atoms with Crippen molar-refractivity contribution in [2.24, 2.45) is 4.99 Å². The number of para-hydroxylation sites is 1. The number of esters is 1. The van der Waals surface area contributed by atoms with Crippen LogP contribution in [0.25, 0.3) is 10.2 Å². The van der Waals surface area contributed by atoms with Gasteiger partial charge < -0.3 is 10.1 Å². The maximum Gasteiger partial charge on any atom is 0.375 e. The first kappa shape index (κ1) is 10.2. The number of hydrogen-bond donors (Lipinski definition) is 1. The number of rotatable bonds is 1. The molecule has 1 aliphatic rings. The summed E-state index contributed by atoms with van der Waals surface area (Å²) < 4.78 is 6.05. The Kier molecular flexibility index (Phi) is 2.49. The zero-order valence-corrected chi connectivity index (χ0v) is 9.66. The highest BCUT2D eigenvalue weighted by Gasteiger charge is 2.17. The van der Waals surface area contributed by atoms with Gasteiger partial charge in [-0.25, -0.2) is 14.8 Å². The predicted octanol–water partition coefficient (Wildman–Crippen LogP) is 1.41. The number of nitrogens with zero attached hydrogens (tertiary/aromatic N) is 2. The van der Waals surface area contributed by atoms with Gasteiger partial charge in [-0.1, -0.05) is 12.1 Å². The number of carbonyl (C=O) groups excluding carboxylic acids is 1. The second-order valence-electron chi connectivity index (χ2n) is 3.49. The maximum absolute atomic E-state index is 11.8. The molecular weight excluding hydrogens is 238 g/mol. The van der Waals surface area contributed by atoms with Gasteiger partial charge in [-0.15, -0.1) is 11.3 Å². The number of aliphatic imine (C=N–C) groups is 1. The van der Waals surface area contributed by atoms with Crippen molar-refractivity contribution in [2.45, 2.75) is 0 Å². The third-order valence-electron chi connectivity index (χ3n) is 2.30. The Labute approximate surface area is 101 Å². The molecule has 2 heterocycles. The SMILES string of the molecule is O=C(OC1=NCCN1)c1nc2ccccc2s1. The minimum Gasteiger partial charge on any atom is -0.387 e. The van der Waals surface area contributed by atoms with Gasteiger partial charge in [0.1, 0.15) is 0 Å². The molecule has 5 nitrogen and oxygen atoms in total. The van der Waals surface area contributed by atoms with E-state index in [1.165, 1.54) is 11.3 Å². The number of benzene rings is 1. The van der Waals surface area contributed by atoms with Crippen LogP contribution in [0.15, 0.2) is 29.3 Å². The zero-order chi connectivity index (χ0) is 11.7. The normalized spacial score (nSPS) is 14.5. The Balaban J connectivity index is 1.85. The molecule has 0 spiro atoms. The van der Waals surface area contributed by atoms with Gasteiger partial charge in [0, 0.05) is 6.54 Å². The first-order chi connectivity index (χ1) is 8.33. The molecule has 17 heavy (non-hydrogen) atoms. The molecular formula is C11H9N3O2S. The summed E-state index contributed by atoms with van der Waals surface area (Å²) in [5, 5.41) is 3.22. The van der Waals surface area contributed by atoms with E-state index in [0.29, 0.717) is 18.1 Å². The molecule has 0 radical (unpaired) electrons. The topological polar surface area (TPSA) is 63.6 Å². The van der Waals surface area contributed by atoms with Crippen molar-refractivity contribution in [1.82, 2.24) is 10.3 Å². The minimum absolute atomic E-state index is 0.286. The van der Waals surface area contributed by atoms with Crippen LogP contribution in [0.5, 0.6) is 0 Å². The van der Waals surface area contributed by atoms with Crippen LogP contribution in [0.4, 0.5) is 0 Å². The number of fused-ring (bicyclic) bond motifs is 1. The number of amidine groups is 1. The standard InChI is InChI=1S/C11H9N3O2S/c15-10(16-11-12-5-6-13-11)9-14-7-3-1-2-4-8(7)17-9/h1-4H,5-6H2,(H,12,13). The maximum atomic E-state index is 11.8. The highest BCUT2D eigenvalue weighted by molar-refractivity contribution is 7.20. The average molecular weight is 247 g/mol. The van der Waals surface area contributed by atoms with Gasteiger partial charge in [0.25, 0.3) is 6.02 Å². The van der Waals surface area contributed by atoms with E-state index >= 15 is 0 Å². The van der Waals surface area contributed by atoms with Crippen LogP contribution in [0, 0.1) is 0 Å². The van der Waals surface area contributed by atoms with Crippen LogP contribution in [0.2, 0.25) is 0 Å². The van der Waals surface area contributed by atoms with Gasteiger partial charge in [-0.05, 0) is 12.1 Å². The molecule has 1 aromatic carbocycles. The molecule has 86 valence electrons. The molecule has 6 heteroatoms. The molecule has 1 N–H and O–H groups in total. The third-order valence-corrected chi connectivity index (χ3v) is 3.32. The Hall–Kier alpha value is -1.95. The summed E-state index contributed by atoms with van der Waals surface area (Å²) in [7, 11) is 0. The van der Waals surface area contributed by atoms with Crippen molar-refractivity contribution in [3.8, 4) is 0 Å². The zero-order valence-electron chi connectivity index (χ0n) is 8.84. The van der Waals surface area contributed by atoms with Crippen molar-refractivity contribution in [3.05, 3.63) is 29.3 Å². The highest BCUT2D eigenvalue weighted by Crippen LogP contribution is 2.22. The fourth-order valence-electron chi connectivity index (χ4n) is 1.54. The second-order valence-corrected chi connectivity index (χ2v) is 4.52. The van der Waals surface area contributed by atoms with E-state index in [1.54, 1.807) is 0 Å². The Bertz CT molecular complexity index is 573. The third kappa shape index (κ3) is 1.99. The molecule has 0 unspecified atom stereocenters. The molecule has 0 saturated carbocycles. The van der Waals surface area contributed by atoms with E-state index in [2.05, 4.69) is 15.3 Å². The summed E-state index contributed by atoms with van der Waals surface area (Å²) in [5.74, 6) is -0.459. The predicted molar refractivity (Wildman–Crippen MR) is 65.3 cm³/mol. The molecule has 3 rings (SSSR count). The molecule has 2 aromatic rings. The number of thiazole rings is 1. The van der Waals surface area contributed by atoms with Crippen molar-refractivity contribution < 1.29 is 9.53 Å². The van der Waals surface area contributed by atoms with Gasteiger partial charge in [0.05, 0.1) is 16.8 Å². The molecule has 0 atom stereocenters. The van der Waals surface area contributed by atoms with Gasteiger partial charge in [0.2, 0.25) is 5.01 Å². The summed E-state index contributed by atoms with van der Waals surface area (Å²) in [6.45, 7) is 1.35. The summed E-state index contributed by atoms with van der Waals surface area (Å²) >= 11 is 1.32. The summed E-state index contributed by atoms with van der Waals surface area (Å²) in [6.07, 6.45) is 0. The molecule has 0 amide bonds. The van der Waals surface area contributed by atoms with Crippen LogP contribution in [-0.2, 0) is 4.74 Å². The van der Waals surface area contributed by atoms with E-state index in [1.807, 2.05) is 24.3 Å². The van der Waals surface area contributed by atoms with Crippen molar-refractivity contribution >= 4 is 33.5 Å². The fourth-order valence-corrected chi connectivity index (χ4v) is 2.38. The molecule has 1 aromatic heterocycles. The van der Waals surface area contributed by atoms with E-state index in [9.17, 15) is 4.79 Å². The van der Waals surface area contributed by atoms with Crippen molar-refractivity contribution in [1.29, 1.82) is 0 Å². The van der Waals surface area contributed by atoms with Gasteiger partial charge in [0.15, 0.2) is 0 Å². The molecule has 0 aliphatic carbocycles. The van der Waals surface area contributed by atoms with Crippen LogP contribution in [0.1, 0.15) is 9.80 Å². The molecule has 0 bridgehead atoms. The number of nitrogens with one attached hydrogen (secondary N) is 1. The molecule has 1 aliphatic heterocycles. The van der Waals surface area contributed by atoms with E-state index < -0.39 is 5.97 Å². The lowest BCUT2D eigenvalue weighted by Gasteiger charge is -2.00. The lowest BCUT2D eigenvalue weighted by molar-refractivity contribution is 0.0710. The lowest BCUT2D eigenvalue weighted by atomic mass is 10.3. The van der Waals surface area contributed by atoms with Crippen molar-refractivity contribution in [2.75, 3.05) is 13.1 Å². The number of aromatic nitrogens is 1. The Morgan fingerprint density at radius 1 is 1.41 bits per heavy atom. The molecule has 0 saturated heterocycles. The first-order valence-corrected chi connectivity index (χ1v) is 6.01. The highest BCUT2D eigenvalue weighted by atomic mass is 32.1.